The monoisotopic (exact) mass is 323 g/mol. The average molecular weight is 324 g/mol. The third-order valence-electron chi connectivity index (χ3n) is 2.74. The summed E-state index contributed by atoms with van der Waals surface area (Å²) in [5, 5.41) is 3.40. The maximum atomic E-state index is 5.51. The lowest BCUT2D eigenvalue weighted by Gasteiger charge is -2.07. The molecule has 1 N–H and O–H groups in total. The van der Waals surface area contributed by atoms with Crippen LogP contribution in [0.1, 0.15) is 17.7 Å². The van der Waals surface area contributed by atoms with E-state index in [1.807, 2.05) is 24.3 Å². The lowest BCUT2D eigenvalue weighted by atomic mass is 10.2. The Labute approximate surface area is 122 Å². The molecule has 2 rings (SSSR count). The zero-order chi connectivity index (χ0) is 13.3. The molecule has 0 bridgehead atoms. The minimum Gasteiger partial charge on any atom is -0.467 e. The summed E-state index contributed by atoms with van der Waals surface area (Å²) in [6.45, 7) is 3.11. The lowest BCUT2D eigenvalue weighted by Crippen LogP contribution is -2.16. The second-order valence-corrected chi connectivity index (χ2v) is 5.11. The van der Waals surface area contributed by atoms with E-state index in [0.29, 0.717) is 6.61 Å². The number of ether oxygens (including phenoxy) is 1. The number of hydrogen-bond acceptors (Lipinski definition) is 3. The van der Waals surface area contributed by atoms with Gasteiger partial charge in [-0.1, -0.05) is 34.1 Å². The van der Waals surface area contributed by atoms with Gasteiger partial charge in [0, 0.05) is 17.6 Å². The van der Waals surface area contributed by atoms with Crippen LogP contribution in [0.3, 0.4) is 0 Å². The molecule has 0 radical (unpaired) electrons. The summed E-state index contributed by atoms with van der Waals surface area (Å²) in [5.74, 6) is 0.876. The summed E-state index contributed by atoms with van der Waals surface area (Å²) in [7, 11) is 0. The van der Waals surface area contributed by atoms with E-state index < -0.39 is 0 Å². The molecule has 1 aromatic carbocycles. The first kappa shape index (κ1) is 14.3. The summed E-state index contributed by atoms with van der Waals surface area (Å²) >= 11 is 3.54. The van der Waals surface area contributed by atoms with Crippen LogP contribution < -0.4 is 5.32 Å². The molecule has 0 aliphatic heterocycles. The first-order valence-electron chi connectivity index (χ1n) is 6.40. The Balaban J connectivity index is 1.52. The zero-order valence-corrected chi connectivity index (χ0v) is 12.4. The van der Waals surface area contributed by atoms with Gasteiger partial charge in [-0.05, 0) is 36.7 Å². The lowest BCUT2D eigenvalue weighted by molar-refractivity contribution is 0.104. The predicted octanol–water partition coefficient (Wildman–Crippen LogP) is 3.74. The van der Waals surface area contributed by atoms with E-state index in [2.05, 4.69) is 33.4 Å². The largest absolute Gasteiger partial charge is 0.467 e. The topological polar surface area (TPSA) is 34.4 Å². The van der Waals surface area contributed by atoms with Crippen LogP contribution in [0.4, 0.5) is 0 Å². The molecule has 0 aliphatic rings. The van der Waals surface area contributed by atoms with Gasteiger partial charge in [-0.25, -0.2) is 0 Å². The molecule has 4 heteroatoms. The van der Waals surface area contributed by atoms with Crippen LogP contribution in [-0.4, -0.2) is 13.2 Å². The van der Waals surface area contributed by atoms with E-state index in [1.165, 1.54) is 5.56 Å². The Morgan fingerprint density at radius 2 is 2.05 bits per heavy atom. The van der Waals surface area contributed by atoms with E-state index >= 15 is 0 Å². The van der Waals surface area contributed by atoms with Gasteiger partial charge in [-0.2, -0.15) is 0 Å². The van der Waals surface area contributed by atoms with Crippen LogP contribution in [0, 0.1) is 0 Å². The first-order valence-corrected chi connectivity index (χ1v) is 7.20. The molecule has 0 saturated carbocycles. The minimum absolute atomic E-state index is 0.553. The van der Waals surface area contributed by atoms with E-state index in [0.717, 1.165) is 36.4 Å². The number of benzene rings is 1. The molecule has 3 nitrogen and oxygen atoms in total. The quantitative estimate of drug-likeness (QED) is 0.751. The Bertz CT molecular complexity index is 471. The molecule has 0 amide bonds. The smallest absolute Gasteiger partial charge is 0.129 e. The summed E-state index contributed by atoms with van der Waals surface area (Å²) in [4.78, 5) is 0. The molecule has 0 aliphatic carbocycles. The van der Waals surface area contributed by atoms with Crippen LogP contribution >= 0.6 is 15.9 Å². The molecular formula is C15H18BrNO2. The van der Waals surface area contributed by atoms with E-state index in [-0.39, 0.29) is 0 Å². The standard InChI is InChI=1S/C15H18BrNO2/c16-15-7-2-1-5-13(15)11-17-8-4-9-18-12-14-6-3-10-19-14/h1-3,5-7,10,17H,4,8-9,11-12H2. The number of nitrogens with one attached hydrogen (secondary N) is 1. The van der Waals surface area contributed by atoms with E-state index in [9.17, 15) is 0 Å². The van der Waals surface area contributed by atoms with Crippen LogP contribution in [0.2, 0.25) is 0 Å². The third-order valence-corrected chi connectivity index (χ3v) is 3.51. The molecule has 1 aromatic heterocycles. The molecule has 19 heavy (non-hydrogen) atoms. The molecule has 0 atom stereocenters. The second kappa shape index (κ2) is 8.15. The van der Waals surface area contributed by atoms with Gasteiger partial charge in [0.15, 0.2) is 0 Å². The van der Waals surface area contributed by atoms with Gasteiger partial charge in [0.05, 0.1) is 6.26 Å². The van der Waals surface area contributed by atoms with Gasteiger partial charge in [0.1, 0.15) is 12.4 Å². The maximum absolute atomic E-state index is 5.51. The Hall–Kier alpha value is -1.10. The summed E-state index contributed by atoms with van der Waals surface area (Å²) in [5.41, 5.74) is 1.28. The van der Waals surface area contributed by atoms with Crippen molar-refractivity contribution in [1.29, 1.82) is 0 Å². The molecule has 0 spiro atoms. The maximum Gasteiger partial charge on any atom is 0.129 e. The second-order valence-electron chi connectivity index (χ2n) is 4.25. The highest BCUT2D eigenvalue weighted by Crippen LogP contribution is 2.15. The average Bonchev–Trinajstić information content (AvgIpc) is 2.93. The molecule has 0 unspecified atom stereocenters. The van der Waals surface area contributed by atoms with E-state index in [4.69, 9.17) is 9.15 Å². The number of rotatable bonds is 8. The van der Waals surface area contributed by atoms with Crippen molar-refractivity contribution in [3.63, 3.8) is 0 Å². The molecule has 2 aromatic rings. The van der Waals surface area contributed by atoms with Crippen molar-refractivity contribution >= 4 is 15.9 Å². The van der Waals surface area contributed by atoms with Crippen molar-refractivity contribution < 1.29 is 9.15 Å². The molecule has 102 valence electrons. The van der Waals surface area contributed by atoms with Crippen molar-refractivity contribution in [2.45, 2.75) is 19.6 Å². The molecule has 0 saturated heterocycles. The van der Waals surface area contributed by atoms with Gasteiger partial charge < -0.3 is 14.5 Å². The predicted molar refractivity (Wildman–Crippen MR) is 78.8 cm³/mol. The summed E-state index contributed by atoms with van der Waals surface area (Å²) in [6, 6.07) is 12.0. The van der Waals surface area contributed by atoms with Gasteiger partial charge in [0.2, 0.25) is 0 Å². The first-order chi connectivity index (χ1) is 9.36. The fourth-order valence-corrected chi connectivity index (χ4v) is 2.16. The van der Waals surface area contributed by atoms with Crippen molar-refractivity contribution in [2.75, 3.05) is 13.2 Å². The third kappa shape index (κ3) is 5.19. The van der Waals surface area contributed by atoms with Crippen LogP contribution in [-0.2, 0) is 17.9 Å². The van der Waals surface area contributed by atoms with Gasteiger partial charge >= 0.3 is 0 Å². The minimum atomic E-state index is 0.553. The van der Waals surface area contributed by atoms with Crippen LogP contribution in [0.25, 0.3) is 0 Å². The number of hydrogen-bond donors (Lipinski definition) is 1. The Morgan fingerprint density at radius 1 is 1.16 bits per heavy atom. The number of halogens is 1. The molecule has 0 fully saturated rings. The summed E-state index contributed by atoms with van der Waals surface area (Å²) in [6.07, 6.45) is 2.66. The molecule has 1 heterocycles. The van der Waals surface area contributed by atoms with Gasteiger partial charge in [0.25, 0.3) is 0 Å². The van der Waals surface area contributed by atoms with Crippen molar-refractivity contribution in [2.24, 2.45) is 0 Å². The highest BCUT2D eigenvalue weighted by molar-refractivity contribution is 9.10. The normalized spacial score (nSPS) is 10.8. The summed E-state index contributed by atoms with van der Waals surface area (Å²) < 4.78 is 11.8. The molecular weight excluding hydrogens is 306 g/mol. The highest BCUT2D eigenvalue weighted by atomic mass is 79.9. The fourth-order valence-electron chi connectivity index (χ4n) is 1.73. The Morgan fingerprint density at radius 3 is 2.84 bits per heavy atom. The fraction of sp³-hybridized carbons (Fsp3) is 0.333. The van der Waals surface area contributed by atoms with Crippen molar-refractivity contribution in [3.05, 3.63) is 58.5 Å². The van der Waals surface area contributed by atoms with Gasteiger partial charge in [-0.3, -0.25) is 0 Å². The zero-order valence-electron chi connectivity index (χ0n) is 10.8. The SMILES string of the molecule is Brc1ccccc1CNCCCOCc1ccco1. The van der Waals surface area contributed by atoms with Gasteiger partial charge in [-0.15, -0.1) is 0 Å². The van der Waals surface area contributed by atoms with E-state index in [1.54, 1.807) is 6.26 Å². The highest BCUT2D eigenvalue weighted by Gasteiger charge is 1.98. The Kier molecular flexibility index (Phi) is 6.14. The van der Waals surface area contributed by atoms with Crippen LogP contribution in [0.15, 0.2) is 51.6 Å². The van der Waals surface area contributed by atoms with Crippen LogP contribution in [0.5, 0.6) is 0 Å². The van der Waals surface area contributed by atoms with Crippen molar-refractivity contribution in [3.8, 4) is 0 Å². The number of furan rings is 1. The van der Waals surface area contributed by atoms with Crippen molar-refractivity contribution in [1.82, 2.24) is 5.32 Å².